The van der Waals surface area contributed by atoms with Crippen LogP contribution in [0.25, 0.3) is 0 Å². The van der Waals surface area contributed by atoms with Crippen LogP contribution in [0, 0.1) is 0 Å². The molecule has 16 heavy (non-hydrogen) atoms. The fraction of sp³-hybridized carbons (Fsp3) is 0.923. The zero-order valence-electron chi connectivity index (χ0n) is 10.5. The highest BCUT2D eigenvalue weighted by atomic mass is 16.2. The van der Waals surface area contributed by atoms with Crippen LogP contribution in [-0.4, -0.2) is 35.5 Å². The van der Waals surface area contributed by atoms with Crippen molar-refractivity contribution in [3.8, 4) is 0 Å². The quantitative estimate of drug-likeness (QED) is 0.794. The van der Waals surface area contributed by atoms with Gasteiger partial charge in [-0.3, -0.25) is 4.79 Å². The van der Waals surface area contributed by atoms with Crippen molar-refractivity contribution in [1.82, 2.24) is 10.2 Å². The summed E-state index contributed by atoms with van der Waals surface area (Å²) >= 11 is 0. The van der Waals surface area contributed by atoms with E-state index in [0.717, 1.165) is 19.4 Å². The highest BCUT2D eigenvalue weighted by molar-refractivity contribution is 5.78. The van der Waals surface area contributed by atoms with Crippen molar-refractivity contribution in [1.29, 1.82) is 0 Å². The summed E-state index contributed by atoms with van der Waals surface area (Å²) in [5, 5.41) is 3.60. The molecule has 3 nitrogen and oxygen atoms in total. The number of likely N-dealkylation sites (tertiary alicyclic amines) is 1. The summed E-state index contributed by atoms with van der Waals surface area (Å²) in [6.07, 6.45) is 6.69. The van der Waals surface area contributed by atoms with Crippen molar-refractivity contribution < 1.29 is 4.79 Å². The highest BCUT2D eigenvalue weighted by Gasteiger charge is 2.31. The van der Waals surface area contributed by atoms with Gasteiger partial charge in [-0.1, -0.05) is 13.8 Å². The Labute approximate surface area is 98.6 Å². The second kappa shape index (κ2) is 5.17. The lowest BCUT2D eigenvalue weighted by Crippen LogP contribution is -2.44. The molecule has 1 heterocycles. The molecule has 1 saturated heterocycles. The van der Waals surface area contributed by atoms with Gasteiger partial charge < -0.3 is 10.2 Å². The Balaban J connectivity index is 1.78. The molecule has 92 valence electrons. The monoisotopic (exact) mass is 224 g/mol. The first-order valence-corrected chi connectivity index (χ1v) is 6.72. The number of nitrogens with zero attached hydrogens (tertiary/aromatic N) is 1. The second-order valence-electron chi connectivity index (χ2n) is 5.52. The third-order valence-corrected chi connectivity index (χ3v) is 3.82. The number of nitrogens with one attached hydrogen (secondary N) is 1. The first kappa shape index (κ1) is 11.9. The summed E-state index contributed by atoms with van der Waals surface area (Å²) in [5.74, 6) is 0.389. The Hall–Kier alpha value is -0.570. The lowest BCUT2D eigenvalue weighted by Gasteiger charge is -2.35. The molecule has 0 unspecified atom stereocenters. The number of hydrogen-bond donors (Lipinski definition) is 1. The summed E-state index contributed by atoms with van der Waals surface area (Å²) in [7, 11) is 0. The van der Waals surface area contributed by atoms with Crippen LogP contribution in [0.3, 0.4) is 0 Å². The van der Waals surface area contributed by atoms with E-state index in [-0.39, 0.29) is 0 Å². The molecule has 0 aromatic rings. The average Bonchev–Trinajstić information content (AvgIpc) is 2.65. The van der Waals surface area contributed by atoms with Crippen molar-refractivity contribution in [3.05, 3.63) is 0 Å². The molecule has 2 aliphatic rings. The van der Waals surface area contributed by atoms with Crippen LogP contribution in [0.5, 0.6) is 0 Å². The van der Waals surface area contributed by atoms with Gasteiger partial charge in [0.1, 0.15) is 0 Å². The van der Waals surface area contributed by atoms with E-state index in [0.29, 0.717) is 24.0 Å². The van der Waals surface area contributed by atoms with E-state index < -0.39 is 0 Å². The standard InChI is InChI=1S/C13H24N2O/c1-10(2)14-11-5-7-12(8-6-11)15-9-3-4-13(15)16/h10-12,14H,3-9H2,1-2H3. The molecule has 1 aliphatic heterocycles. The number of carbonyl (C=O) groups excluding carboxylic acids is 1. The Kier molecular flexibility index (Phi) is 3.85. The van der Waals surface area contributed by atoms with Gasteiger partial charge in [0.25, 0.3) is 0 Å². The van der Waals surface area contributed by atoms with Crippen molar-refractivity contribution >= 4 is 5.91 Å². The van der Waals surface area contributed by atoms with Gasteiger partial charge in [0.15, 0.2) is 0 Å². The van der Waals surface area contributed by atoms with Crippen LogP contribution in [0.1, 0.15) is 52.4 Å². The van der Waals surface area contributed by atoms with Gasteiger partial charge in [-0.2, -0.15) is 0 Å². The molecule has 0 spiro atoms. The number of hydrogen-bond acceptors (Lipinski definition) is 2. The van der Waals surface area contributed by atoms with E-state index in [1.807, 2.05) is 0 Å². The smallest absolute Gasteiger partial charge is 0.222 e. The maximum atomic E-state index is 11.6. The minimum atomic E-state index is 0.389. The van der Waals surface area contributed by atoms with Crippen molar-refractivity contribution in [3.63, 3.8) is 0 Å². The fourth-order valence-electron chi connectivity index (χ4n) is 3.08. The third-order valence-electron chi connectivity index (χ3n) is 3.82. The zero-order valence-corrected chi connectivity index (χ0v) is 10.5. The van der Waals surface area contributed by atoms with Gasteiger partial charge in [-0.05, 0) is 32.1 Å². The van der Waals surface area contributed by atoms with Crippen molar-refractivity contribution in [2.45, 2.75) is 70.5 Å². The van der Waals surface area contributed by atoms with E-state index in [1.54, 1.807) is 0 Å². The van der Waals surface area contributed by atoms with Crippen molar-refractivity contribution in [2.24, 2.45) is 0 Å². The van der Waals surface area contributed by atoms with Crippen LogP contribution in [-0.2, 0) is 4.79 Å². The molecule has 0 radical (unpaired) electrons. The highest BCUT2D eigenvalue weighted by Crippen LogP contribution is 2.26. The molecule has 2 rings (SSSR count). The molecule has 0 aromatic heterocycles. The number of rotatable bonds is 3. The summed E-state index contributed by atoms with van der Waals surface area (Å²) in [6, 6.07) is 1.80. The zero-order chi connectivity index (χ0) is 11.5. The number of carbonyl (C=O) groups is 1. The van der Waals surface area contributed by atoms with E-state index in [4.69, 9.17) is 0 Å². The lowest BCUT2D eigenvalue weighted by atomic mass is 9.90. The van der Waals surface area contributed by atoms with Crippen molar-refractivity contribution in [2.75, 3.05) is 6.54 Å². The third kappa shape index (κ3) is 2.76. The summed E-state index contributed by atoms with van der Waals surface area (Å²) in [5.41, 5.74) is 0. The summed E-state index contributed by atoms with van der Waals surface area (Å²) in [4.78, 5) is 13.8. The molecule has 1 N–H and O–H groups in total. The second-order valence-corrected chi connectivity index (χ2v) is 5.52. The minimum Gasteiger partial charge on any atom is -0.340 e. The normalized spacial score (nSPS) is 31.4. The molecule has 0 bridgehead atoms. The van der Waals surface area contributed by atoms with Gasteiger partial charge in [0, 0.05) is 31.1 Å². The SMILES string of the molecule is CC(C)NC1CCC(N2CCCC2=O)CC1. The van der Waals surface area contributed by atoms with Crippen LogP contribution >= 0.6 is 0 Å². The first-order valence-electron chi connectivity index (χ1n) is 6.72. The topological polar surface area (TPSA) is 32.3 Å². The predicted molar refractivity (Wildman–Crippen MR) is 65.3 cm³/mol. The molecule has 0 atom stereocenters. The fourth-order valence-corrected chi connectivity index (χ4v) is 3.08. The Bertz CT molecular complexity index is 244. The predicted octanol–water partition coefficient (Wildman–Crippen LogP) is 1.92. The molecule has 1 amide bonds. The first-order chi connectivity index (χ1) is 7.66. The largest absolute Gasteiger partial charge is 0.340 e. The molecule has 1 saturated carbocycles. The molecule has 1 aliphatic carbocycles. The van der Waals surface area contributed by atoms with E-state index in [2.05, 4.69) is 24.1 Å². The molecular weight excluding hydrogens is 200 g/mol. The molecule has 3 heteroatoms. The van der Waals surface area contributed by atoms with Crippen LogP contribution in [0.4, 0.5) is 0 Å². The van der Waals surface area contributed by atoms with Gasteiger partial charge in [-0.25, -0.2) is 0 Å². The Morgan fingerprint density at radius 1 is 1.25 bits per heavy atom. The van der Waals surface area contributed by atoms with E-state index >= 15 is 0 Å². The van der Waals surface area contributed by atoms with Gasteiger partial charge >= 0.3 is 0 Å². The molecular formula is C13H24N2O. The maximum Gasteiger partial charge on any atom is 0.222 e. The lowest BCUT2D eigenvalue weighted by molar-refractivity contribution is -0.130. The van der Waals surface area contributed by atoms with Gasteiger partial charge in [-0.15, -0.1) is 0 Å². The van der Waals surface area contributed by atoms with Crippen LogP contribution in [0.2, 0.25) is 0 Å². The number of amides is 1. The van der Waals surface area contributed by atoms with Crippen LogP contribution in [0.15, 0.2) is 0 Å². The minimum absolute atomic E-state index is 0.389. The van der Waals surface area contributed by atoms with E-state index in [9.17, 15) is 4.79 Å². The Morgan fingerprint density at radius 2 is 1.94 bits per heavy atom. The summed E-state index contributed by atoms with van der Waals surface area (Å²) < 4.78 is 0. The van der Waals surface area contributed by atoms with Gasteiger partial charge in [0.05, 0.1) is 0 Å². The summed E-state index contributed by atoms with van der Waals surface area (Å²) in [6.45, 7) is 5.41. The molecule has 0 aromatic carbocycles. The Morgan fingerprint density at radius 3 is 2.44 bits per heavy atom. The average molecular weight is 224 g/mol. The maximum absolute atomic E-state index is 11.6. The molecule has 2 fully saturated rings. The van der Waals surface area contributed by atoms with Crippen LogP contribution < -0.4 is 5.32 Å². The van der Waals surface area contributed by atoms with E-state index in [1.165, 1.54) is 25.7 Å². The van der Waals surface area contributed by atoms with Gasteiger partial charge in [0.2, 0.25) is 5.91 Å².